The molecule has 2 aromatic rings. The highest BCUT2D eigenvalue weighted by atomic mass is 79.9. The van der Waals surface area contributed by atoms with Crippen molar-refractivity contribution < 1.29 is 4.79 Å². The predicted molar refractivity (Wildman–Crippen MR) is 129 cm³/mol. The normalized spacial score (nSPS) is 17.5. The van der Waals surface area contributed by atoms with Gasteiger partial charge in [-0.3, -0.25) is 9.48 Å². The molecule has 1 aromatic carbocycles. The van der Waals surface area contributed by atoms with E-state index in [0.717, 1.165) is 51.7 Å². The van der Waals surface area contributed by atoms with Crippen LogP contribution in [-0.2, 0) is 0 Å². The second-order valence-corrected chi connectivity index (χ2v) is 9.68. The maximum atomic E-state index is 13.2. The number of amides is 1. The van der Waals surface area contributed by atoms with Crippen LogP contribution in [-0.4, -0.2) is 47.8 Å². The van der Waals surface area contributed by atoms with E-state index in [0.29, 0.717) is 18.2 Å². The molecule has 0 radical (unpaired) electrons. The van der Waals surface area contributed by atoms with Gasteiger partial charge in [0.05, 0.1) is 23.3 Å². The number of nitrogens with one attached hydrogen (secondary N) is 2. The molecule has 2 N–H and O–H groups in total. The quantitative estimate of drug-likeness (QED) is 0.633. The lowest BCUT2D eigenvalue weighted by atomic mass is 10.00. The summed E-state index contributed by atoms with van der Waals surface area (Å²) in [6, 6.07) is 4.37. The number of fused-ring (bicyclic) bond motifs is 1. The van der Waals surface area contributed by atoms with E-state index in [1.807, 2.05) is 33.3 Å². The van der Waals surface area contributed by atoms with Crippen molar-refractivity contribution in [2.75, 3.05) is 27.2 Å². The second-order valence-electron chi connectivity index (χ2n) is 8.77. The van der Waals surface area contributed by atoms with Gasteiger partial charge in [0, 0.05) is 34.3 Å². The first-order valence-electron chi connectivity index (χ1n) is 10.8. The largest absolute Gasteiger partial charge is 0.359 e. The minimum absolute atomic E-state index is 0.104. The van der Waals surface area contributed by atoms with E-state index in [1.54, 1.807) is 0 Å². The second kappa shape index (κ2) is 9.01. The fraction of sp³-hybridized carbons (Fsp3) is 0.417. The molecule has 2 heterocycles. The molecule has 7 heteroatoms. The van der Waals surface area contributed by atoms with Crippen molar-refractivity contribution in [1.82, 2.24) is 25.3 Å². The molecule has 0 spiro atoms. The smallest absolute Gasteiger partial charge is 0.252 e. The lowest BCUT2D eigenvalue weighted by Gasteiger charge is -2.25. The molecular weight excluding hydrogens is 454 g/mol. The first-order chi connectivity index (χ1) is 14.8. The van der Waals surface area contributed by atoms with Gasteiger partial charge in [0.15, 0.2) is 0 Å². The SMILES string of the molecule is C=C1NC(C)=CC(CN(C)C)=C1CNC(=O)c1cc(Br)cc2c1cnn2C1CCCC1. The number of allylic oxidation sites excluding steroid dienone is 1. The summed E-state index contributed by atoms with van der Waals surface area (Å²) in [7, 11) is 4.08. The van der Waals surface area contributed by atoms with Crippen LogP contribution in [0.3, 0.4) is 0 Å². The van der Waals surface area contributed by atoms with Crippen molar-refractivity contribution in [2.24, 2.45) is 0 Å². The molecule has 0 atom stereocenters. The first kappa shape index (κ1) is 21.8. The molecule has 1 saturated carbocycles. The number of carbonyl (C=O) groups excluding carboxylic acids is 1. The van der Waals surface area contributed by atoms with E-state index in [-0.39, 0.29) is 5.91 Å². The molecule has 1 fully saturated rings. The summed E-state index contributed by atoms with van der Waals surface area (Å²) in [6.07, 6.45) is 8.73. The lowest BCUT2D eigenvalue weighted by molar-refractivity contribution is 0.0958. The maximum Gasteiger partial charge on any atom is 0.252 e. The molecule has 4 rings (SSSR count). The number of hydrogen-bond acceptors (Lipinski definition) is 4. The molecule has 1 aromatic heterocycles. The fourth-order valence-corrected chi connectivity index (χ4v) is 5.04. The summed E-state index contributed by atoms with van der Waals surface area (Å²) in [5.74, 6) is -0.104. The molecule has 0 unspecified atom stereocenters. The van der Waals surface area contributed by atoms with Gasteiger partial charge >= 0.3 is 0 Å². The predicted octanol–water partition coefficient (Wildman–Crippen LogP) is 4.52. The third-order valence-electron chi connectivity index (χ3n) is 6.00. The van der Waals surface area contributed by atoms with Crippen LogP contribution in [0.1, 0.15) is 49.0 Å². The van der Waals surface area contributed by atoms with Crippen molar-refractivity contribution in [1.29, 1.82) is 0 Å². The Balaban J connectivity index is 1.60. The van der Waals surface area contributed by atoms with Crippen LogP contribution in [0, 0.1) is 0 Å². The molecule has 6 nitrogen and oxygen atoms in total. The summed E-state index contributed by atoms with van der Waals surface area (Å²) in [4.78, 5) is 15.3. The zero-order valence-corrected chi connectivity index (χ0v) is 20.1. The molecule has 1 aliphatic heterocycles. The lowest BCUT2D eigenvalue weighted by Crippen LogP contribution is -2.31. The van der Waals surface area contributed by atoms with Crippen molar-refractivity contribution in [3.63, 3.8) is 0 Å². The van der Waals surface area contributed by atoms with Gasteiger partial charge in [-0.2, -0.15) is 5.10 Å². The van der Waals surface area contributed by atoms with Gasteiger partial charge < -0.3 is 15.5 Å². The number of carbonyl (C=O) groups is 1. The third-order valence-corrected chi connectivity index (χ3v) is 6.46. The number of aromatic nitrogens is 2. The molecule has 31 heavy (non-hydrogen) atoms. The average molecular weight is 484 g/mol. The Morgan fingerprint density at radius 3 is 2.81 bits per heavy atom. The van der Waals surface area contributed by atoms with Gasteiger partial charge in [0.25, 0.3) is 5.91 Å². The van der Waals surface area contributed by atoms with Crippen LogP contribution in [0.15, 0.2) is 58.0 Å². The van der Waals surface area contributed by atoms with E-state index in [4.69, 9.17) is 0 Å². The number of nitrogens with zero attached hydrogens (tertiary/aromatic N) is 3. The molecule has 1 amide bonds. The van der Waals surface area contributed by atoms with E-state index >= 15 is 0 Å². The average Bonchev–Trinajstić information content (AvgIpc) is 3.35. The summed E-state index contributed by atoms with van der Waals surface area (Å²) in [6.45, 7) is 7.40. The molecule has 164 valence electrons. The summed E-state index contributed by atoms with van der Waals surface area (Å²) in [5.41, 5.74) is 5.75. The fourth-order valence-electron chi connectivity index (χ4n) is 4.60. The van der Waals surface area contributed by atoms with E-state index < -0.39 is 0 Å². The Kier molecular flexibility index (Phi) is 6.34. The van der Waals surface area contributed by atoms with Gasteiger partial charge in [-0.25, -0.2) is 0 Å². The Hall–Kier alpha value is -2.38. The van der Waals surface area contributed by atoms with Gasteiger partial charge in [0.2, 0.25) is 0 Å². The van der Waals surface area contributed by atoms with E-state index in [2.05, 4.69) is 60.0 Å². The van der Waals surface area contributed by atoms with Gasteiger partial charge in [-0.1, -0.05) is 35.4 Å². The number of hydrogen-bond donors (Lipinski definition) is 2. The van der Waals surface area contributed by atoms with E-state index in [9.17, 15) is 4.79 Å². The summed E-state index contributed by atoms with van der Waals surface area (Å²) < 4.78 is 2.99. The highest BCUT2D eigenvalue weighted by Gasteiger charge is 2.23. The number of rotatable bonds is 6. The van der Waals surface area contributed by atoms with Crippen LogP contribution in [0.25, 0.3) is 10.9 Å². The minimum atomic E-state index is -0.104. The number of benzene rings is 1. The van der Waals surface area contributed by atoms with Crippen LogP contribution in [0.4, 0.5) is 0 Å². The number of dihydropyridines is 1. The highest BCUT2D eigenvalue weighted by Crippen LogP contribution is 2.33. The Labute approximate surface area is 192 Å². The molecule has 0 bridgehead atoms. The van der Waals surface area contributed by atoms with Gasteiger partial charge in [0.1, 0.15) is 0 Å². The van der Waals surface area contributed by atoms with Crippen LogP contribution < -0.4 is 10.6 Å². The summed E-state index contributed by atoms with van der Waals surface area (Å²) in [5, 5.41) is 11.9. The van der Waals surface area contributed by atoms with Crippen molar-refractivity contribution in [2.45, 2.75) is 38.6 Å². The summed E-state index contributed by atoms with van der Waals surface area (Å²) >= 11 is 3.59. The Morgan fingerprint density at radius 1 is 1.35 bits per heavy atom. The Morgan fingerprint density at radius 2 is 2.10 bits per heavy atom. The van der Waals surface area contributed by atoms with Crippen LogP contribution in [0.2, 0.25) is 0 Å². The monoisotopic (exact) mass is 483 g/mol. The molecule has 1 aliphatic carbocycles. The molecular formula is C24H30BrN5O. The zero-order valence-electron chi connectivity index (χ0n) is 18.5. The Bertz CT molecular complexity index is 1090. The standard InChI is InChI=1S/C24H30BrN5O/c1-15-9-17(14-29(3)4)21(16(2)28-15)12-26-24(31)20-10-18(25)11-23-22(20)13-27-30(23)19-7-5-6-8-19/h9-11,13,19,28H,2,5-8,12,14H2,1,3-4H3,(H,26,31). The highest BCUT2D eigenvalue weighted by molar-refractivity contribution is 9.10. The molecule has 2 aliphatic rings. The first-order valence-corrected chi connectivity index (χ1v) is 11.6. The van der Waals surface area contributed by atoms with Crippen molar-refractivity contribution in [3.05, 3.63) is 63.6 Å². The number of halogens is 1. The van der Waals surface area contributed by atoms with Gasteiger partial charge in [-0.05, 0) is 63.2 Å². The van der Waals surface area contributed by atoms with Crippen LogP contribution >= 0.6 is 15.9 Å². The third kappa shape index (κ3) is 4.62. The molecule has 0 saturated heterocycles. The van der Waals surface area contributed by atoms with E-state index in [1.165, 1.54) is 18.4 Å². The van der Waals surface area contributed by atoms with Crippen molar-refractivity contribution in [3.8, 4) is 0 Å². The van der Waals surface area contributed by atoms with Crippen molar-refractivity contribution >= 4 is 32.7 Å². The maximum absolute atomic E-state index is 13.2. The zero-order chi connectivity index (χ0) is 22.1. The minimum Gasteiger partial charge on any atom is -0.359 e. The topological polar surface area (TPSA) is 62.2 Å². The number of likely N-dealkylation sites (N-methyl/N-ethyl adjacent to an activating group) is 1. The van der Waals surface area contributed by atoms with Gasteiger partial charge in [-0.15, -0.1) is 0 Å². The van der Waals surface area contributed by atoms with Crippen LogP contribution in [0.5, 0.6) is 0 Å².